The van der Waals surface area contributed by atoms with Gasteiger partial charge < -0.3 is 10.2 Å². The van der Waals surface area contributed by atoms with Crippen LogP contribution in [0.15, 0.2) is 71.6 Å². The number of hydrogen-bond donors (Lipinski definition) is 1. The van der Waals surface area contributed by atoms with Gasteiger partial charge in [-0.05, 0) is 68.1 Å². The largest absolute Gasteiger partial charge is 0.352 e. The fourth-order valence-electron chi connectivity index (χ4n) is 5.30. The van der Waals surface area contributed by atoms with Crippen molar-refractivity contribution < 1.29 is 18.0 Å². The highest BCUT2D eigenvalue weighted by Crippen LogP contribution is 2.31. The van der Waals surface area contributed by atoms with Crippen molar-refractivity contribution in [3.63, 3.8) is 0 Å². The Morgan fingerprint density at radius 1 is 0.930 bits per heavy atom. The standard InChI is InChI=1S/C32H36Cl3N3O4S/c1-3-29(32(40)36-25-9-5-4-6-10-25)37(20-23-15-16-24(33)19-28(23)35)31(39)21-38(30-12-8-7-11-27(30)34)43(41,42)26-17-13-22(2)14-18-26/h7-8,11-19,25,29H,3-6,9-10,20-21H2,1-2H3,(H,36,40)/t29-/m1/s1. The third-order valence-electron chi connectivity index (χ3n) is 7.70. The lowest BCUT2D eigenvalue weighted by Crippen LogP contribution is -2.54. The molecule has 2 amide bonds. The molecule has 0 unspecified atom stereocenters. The Morgan fingerprint density at radius 2 is 1.60 bits per heavy atom. The van der Waals surface area contributed by atoms with E-state index in [1.807, 2.05) is 13.8 Å². The van der Waals surface area contributed by atoms with E-state index in [2.05, 4.69) is 5.32 Å². The van der Waals surface area contributed by atoms with Crippen molar-refractivity contribution >= 4 is 62.3 Å². The number of hydrogen-bond acceptors (Lipinski definition) is 4. The van der Waals surface area contributed by atoms with Crippen molar-refractivity contribution in [2.45, 2.75) is 75.9 Å². The fraction of sp³-hybridized carbons (Fsp3) is 0.375. The molecule has 43 heavy (non-hydrogen) atoms. The Balaban J connectivity index is 1.73. The third-order valence-corrected chi connectivity index (χ3v) is 10.4. The Labute approximate surface area is 269 Å². The first kappa shape index (κ1) is 33.1. The molecule has 0 bridgehead atoms. The minimum absolute atomic E-state index is 0.0141. The molecular weight excluding hydrogens is 629 g/mol. The van der Waals surface area contributed by atoms with Crippen molar-refractivity contribution in [1.82, 2.24) is 10.2 Å². The normalized spacial score (nSPS) is 14.6. The van der Waals surface area contributed by atoms with E-state index >= 15 is 0 Å². The van der Waals surface area contributed by atoms with Crippen LogP contribution in [-0.2, 0) is 26.2 Å². The average Bonchev–Trinajstić information content (AvgIpc) is 2.98. The number of carbonyl (C=O) groups is 2. The molecule has 1 fully saturated rings. The van der Waals surface area contributed by atoms with Gasteiger partial charge in [0.15, 0.2) is 0 Å². The Bertz CT molecular complexity index is 1540. The summed E-state index contributed by atoms with van der Waals surface area (Å²) in [7, 11) is -4.23. The van der Waals surface area contributed by atoms with Crippen molar-refractivity contribution in [2.24, 2.45) is 0 Å². The van der Waals surface area contributed by atoms with Crippen molar-refractivity contribution in [3.8, 4) is 0 Å². The van der Waals surface area contributed by atoms with E-state index in [1.54, 1.807) is 54.6 Å². The van der Waals surface area contributed by atoms with Crippen molar-refractivity contribution in [3.05, 3.63) is 92.9 Å². The number of nitrogens with zero attached hydrogens (tertiary/aromatic N) is 2. The lowest BCUT2D eigenvalue weighted by atomic mass is 9.95. The Morgan fingerprint density at radius 3 is 2.23 bits per heavy atom. The average molecular weight is 665 g/mol. The second-order valence-corrected chi connectivity index (χ2v) is 13.9. The zero-order valence-electron chi connectivity index (χ0n) is 24.2. The van der Waals surface area contributed by atoms with Crippen LogP contribution >= 0.6 is 34.8 Å². The summed E-state index contributed by atoms with van der Waals surface area (Å²) in [5, 5.41) is 4.07. The molecule has 7 nitrogen and oxygen atoms in total. The molecular formula is C32H36Cl3N3O4S. The lowest BCUT2D eigenvalue weighted by Gasteiger charge is -2.34. The molecule has 0 radical (unpaired) electrons. The molecule has 0 aromatic heterocycles. The van der Waals surface area contributed by atoms with E-state index in [-0.39, 0.29) is 34.1 Å². The van der Waals surface area contributed by atoms with Gasteiger partial charge in [0, 0.05) is 22.6 Å². The molecule has 1 aliphatic carbocycles. The van der Waals surface area contributed by atoms with E-state index in [0.29, 0.717) is 22.0 Å². The molecule has 11 heteroatoms. The number of anilines is 1. The number of halogens is 3. The van der Waals surface area contributed by atoms with Gasteiger partial charge in [-0.15, -0.1) is 0 Å². The molecule has 1 N–H and O–H groups in total. The number of sulfonamides is 1. The number of carbonyl (C=O) groups excluding carboxylic acids is 2. The molecule has 3 aromatic carbocycles. The molecule has 0 heterocycles. The second-order valence-electron chi connectivity index (χ2n) is 10.8. The number of nitrogens with one attached hydrogen (secondary N) is 1. The summed E-state index contributed by atoms with van der Waals surface area (Å²) >= 11 is 19.1. The van der Waals surface area contributed by atoms with Crippen molar-refractivity contribution in [2.75, 3.05) is 10.8 Å². The lowest BCUT2D eigenvalue weighted by molar-refractivity contribution is -0.140. The molecule has 4 rings (SSSR count). The molecule has 0 saturated heterocycles. The predicted octanol–water partition coefficient (Wildman–Crippen LogP) is 7.41. The van der Waals surface area contributed by atoms with Crippen LogP contribution < -0.4 is 9.62 Å². The van der Waals surface area contributed by atoms with E-state index in [0.717, 1.165) is 42.0 Å². The fourth-order valence-corrected chi connectivity index (χ4v) is 7.49. The highest BCUT2D eigenvalue weighted by atomic mass is 35.5. The van der Waals surface area contributed by atoms with Crippen LogP contribution in [0.4, 0.5) is 5.69 Å². The minimum Gasteiger partial charge on any atom is -0.352 e. The van der Waals surface area contributed by atoms with Gasteiger partial charge in [-0.25, -0.2) is 8.42 Å². The summed E-state index contributed by atoms with van der Waals surface area (Å²) in [6.07, 6.45) is 5.29. The summed E-state index contributed by atoms with van der Waals surface area (Å²) in [5.74, 6) is -0.856. The highest BCUT2D eigenvalue weighted by Gasteiger charge is 2.35. The highest BCUT2D eigenvalue weighted by molar-refractivity contribution is 7.92. The third kappa shape index (κ3) is 8.24. The van der Waals surface area contributed by atoms with E-state index in [9.17, 15) is 18.0 Å². The summed E-state index contributed by atoms with van der Waals surface area (Å²) in [5.41, 5.74) is 1.62. The Hall–Kier alpha value is -2.78. The van der Waals surface area contributed by atoms with Crippen LogP contribution in [0.3, 0.4) is 0 Å². The SMILES string of the molecule is CC[C@H](C(=O)NC1CCCCC1)N(Cc1ccc(Cl)cc1Cl)C(=O)CN(c1ccccc1Cl)S(=O)(=O)c1ccc(C)cc1. The van der Waals surface area contributed by atoms with Crippen molar-refractivity contribution in [1.29, 1.82) is 0 Å². The van der Waals surface area contributed by atoms with Gasteiger partial charge >= 0.3 is 0 Å². The van der Waals surface area contributed by atoms with Crippen LogP contribution in [0.2, 0.25) is 15.1 Å². The molecule has 1 saturated carbocycles. The zero-order chi connectivity index (χ0) is 31.1. The zero-order valence-corrected chi connectivity index (χ0v) is 27.3. The first-order chi connectivity index (χ1) is 20.5. The molecule has 0 aliphatic heterocycles. The van der Waals surface area contributed by atoms with E-state index < -0.39 is 28.5 Å². The maximum Gasteiger partial charge on any atom is 0.264 e. The van der Waals surface area contributed by atoms with Crippen LogP contribution in [0, 0.1) is 6.92 Å². The number of benzene rings is 3. The van der Waals surface area contributed by atoms with Crippen LogP contribution in [-0.4, -0.2) is 43.8 Å². The van der Waals surface area contributed by atoms with Gasteiger partial charge in [0.1, 0.15) is 12.6 Å². The predicted molar refractivity (Wildman–Crippen MR) is 173 cm³/mol. The molecule has 230 valence electrons. The number of rotatable bonds is 11. The number of para-hydroxylation sites is 1. The van der Waals surface area contributed by atoms with Gasteiger partial charge in [-0.3, -0.25) is 13.9 Å². The van der Waals surface area contributed by atoms with Crippen LogP contribution in [0.1, 0.15) is 56.6 Å². The summed E-state index contributed by atoms with van der Waals surface area (Å²) in [4.78, 5) is 29.4. The summed E-state index contributed by atoms with van der Waals surface area (Å²) in [6.45, 7) is 3.07. The van der Waals surface area contributed by atoms with Crippen LogP contribution in [0.25, 0.3) is 0 Å². The molecule has 1 aliphatic rings. The maximum absolute atomic E-state index is 14.3. The van der Waals surface area contributed by atoms with E-state index in [4.69, 9.17) is 34.8 Å². The smallest absolute Gasteiger partial charge is 0.264 e. The molecule has 1 atom stereocenters. The maximum atomic E-state index is 14.3. The Kier molecular flexibility index (Phi) is 11.4. The first-order valence-corrected chi connectivity index (χ1v) is 17.0. The van der Waals surface area contributed by atoms with E-state index in [1.165, 1.54) is 17.0 Å². The van der Waals surface area contributed by atoms with Gasteiger partial charge in [-0.2, -0.15) is 0 Å². The number of aryl methyl sites for hydroxylation is 1. The summed E-state index contributed by atoms with van der Waals surface area (Å²) < 4.78 is 29.0. The first-order valence-electron chi connectivity index (χ1n) is 14.4. The second kappa shape index (κ2) is 14.8. The van der Waals surface area contributed by atoms with Gasteiger partial charge in [-0.1, -0.05) is 96.9 Å². The van der Waals surface area contributed by atoms with Gasteiger partial charge in [0.25, 0.3) is 10.0 Å². The quantitative estimate of drug-likeness (QED) is 0.231. The monoisotopic (exact) mass is 663 g/mol. The van der Waals surface area contributed by atoms with Gasteiger partial charge in [0.05, 0.1) is 15.6 Å². The van der Waals surface area contributed by atoms with Crippen LogP contribution in [0.5, 0.6) is 0 Å². The number of amides is 2. The van der Waals surface area contributed by atoms with Gasteiger partial charge in [0.2, 0.25) is 11.8 Å². The topological polar surface area (TPSA) is 86.8 Å². The molecule has 0 spiro atoms. The molecule has 3 aromatic rings. The minimum atomic E-state index is -4.23. The summed E-state index contributed by atoms with van der Waals surface area (Å²) in [6, 6.07) is 16.9.